The number of halogens is 1. The SMILES string of the molecule is CCc1c(CNO)cc(Br)c2c1OCCCO2. The highest BCUT2D eigenvalue weighted by molar-refractivity contribution is 9.10. The lowest BCUT2D eigenvalue weighted by atomic mass is 10.0. The fraction of sp³-hybridized carbons (Fsp3) is 0.500. The van der Waals surface area contributed by atoms with Crippen LogP contribution in [0.3, 0.4) is 0 Å². The minimum absolute atomic E-state index is 0.401. The number of hydrogen-bond acceptors (Lipinski definition) is 4. The Kier molecular flexibility index (Phi) is 4.25. The van der Waals surface area contributed by atoms with E-state index in [2.05, 4.69) is 28.3 Å². The molecule has 1 heterocycles. The largest absolute Gasteiger partial charge is 0.489 e. The Hall–Kier alpha value is -0.780. The third kappa shape index (κ3) is 2.56. The van der Waals surface area contributed by atoms with Crippen LogP contribution in [0.1, 0.15) is 24.5 Å². The summed E-state index contributed by atoms with van der Waals surface area (Å²) in [5.41, 5.74) is 4.30. The number of benzene rings is 1. The third-order valence-corrected chi connectivity index (χ3v) is 3.38. The summed E-state index contributed by atoms with van der Waals surface area (Å²) in [5, 5.41) is 8.85. The van der Waals surface area contributed by atoms with Crippen LogP contribution in [0.15, 0.2) is 10.5 Å². The van der Waals surface area contributed by atoms with E-state index in [4.69, 9.17) is 14.7 Å². The van der Waals surface area contributed by atoms with Gasteiger partial charge in [0.25, 0.3) is 0 Å². The van der Waals surface area contributed by atoms with Crippen molar-refractivity contribution in [3.05, 3.63) is 21.7 Å². The summed E-state index contributed by atoms with van der Waals surface area (Å²) in [5.74, 6) is 1.59. The maximum absolute atomic E-state index is 8.85. The highest BCUT2D eigenvalue weighted by Gasteiger charge is 2.20. The Balaban J connectivity index is 2.52. The minimum atomic E-state index is 0.401. The first kappa shape index (κ1) is 12.7. The Morgan fingerprint density at radius 2 is 2.06 bits per heavy atom. The Morgan fingerprint density at radius 1 is 1.35 bits per heavy atom. The zero-order valence-corrected chi connectivity index (χ0v) is 11.3. The van der Waals surface area contributed by atoms with Crippen molar-refractivity contribution >= 4 is 15.9 Å². The molecular weight excluding hydrogens is 286 g/mol. The molecule has 1 aliphatic heterocycles. The average molecular weight is 302 g/mol. The van der Waals surface area contributed by atoms with Gasteiger partial charge in [-0.1, -0.05) is 6.92 Å². The van der Waals surface area contributed by atoms with Gasteiger partial charge in [-0.05, 0) is 34.0 Å². The molecule has 0 bridgehead atoms. The van der Waals surface area contributed by atoms with E-state index in [-0.39, 0.29) is 0 Å². The Bertz CT molecular complexity index is 409. The quantitative estimate of drug-likeness (QED) is 0.843. The van der Waals surface area contributed by atoms with E-state index >= 15 is 0 Å². The number of nitrogens with one attached hydrogen (secondary N) is 1. The summed E-state index contributed by atoms with van der Waals surface area (Å²) in [6.45, 7) is 3.81. The van der Waals surface area contributed by atoms with Gasteiger partial charge in [0.05, 0.1) is 17.7 Å². The molecule has 5 heteroatoms. The molecule has 0 unspecified atom stereocenters. The number of rotatable bonds is 3. The predicted molar refractivity (Wildman–Crippen MR) is 67.8 cm³/mol. The molecular formula is C12H16BrNO3. The molecule has 2 rings (SSSR count). The summed E-state index contributed by atoms with van der Waals surface area (Å²) in [6.07, 6.45) is 1.73. The zero-order chi connectivity index (χ0) is 12.3. The van der Waals surface area contributed by atoms with Gasteiger partial charge in [0.1, 0.15) is 0 Å². The van der Waals surface area contributed by atoms with Crippen molar-refractivity contribution in [3.63, 3.8) is 0 Å². The van der Waals surface area contributed by atoms with Crippen molar-refractivity contribution in [1.29, 1.82) is 0 Å². The summed E-state index contributed by atoms with van der Waals surface area (Å²) < 4.78 is 12.3. The van der Waals surface area contributed by atoms with Gasteiger partial charge in [-0.2, -0.15) is 0 Å². The van der Waals surface area contributed by atoms with Crippen molar-refractivity contribution in [2.24, 2.45) is 0 Å². The predicted octanol–water partition coefficient (Wildman–Crippen LogP) is 2.65. The number of ether oxygens (including phenoxy) is 2. The van der Waals surface area contributed by atoms with Crippen molar-refractivity contribution in [1.82, 2.24) is 5.48 Å². The normalized spacial score (nSPS) is 14.5. The molecule has 1 aromatic carbocycles. The second-order valence-corrected chi connectivity index (χ2v) is 4.75. The second kappa shape index (κ2) is 5.71. The topological polar surface area (TPSA) is 50.7 Å². The van der Waals surface area contributed by atoms with Crippen LogP contribution in [0.4, 0.5) is 0 Å². The van der Waals surface area contributed by atoms with Crippen LogP contribution in [-0.2, 0) is 13.0 Å². The zero-order valence-electron chi connectivity index (χ0n) is 9.75. The van der Waals surface area contributed by atoms with Gasteiger partial charge in [0.2, 0.25) is 0 Å². The molecule has 2 N–H and O–H groups in total. The summed E-state index contributed by atoms with van der Waals surface area (Å²) in [6, 6.07) is 1.97. The maximum atomic E-state index is 8.85. The molecule has 0 aliphatic carbocycles. The van der Waals surface area contributed by atoms with E-state index in [0.29, 0.717) is 19.8 Å². The van der Waals surface area contributed by atoms with Gasteiger partial charge >= 0.3 is 0 Å². The van der Waals surface area contributed by atoms with E-state index in [1.54, 1.807) is 0 Å². The Morgan fingerprint density at radius 3 is 2.71 bits per heavy atom. The van der Waals surface area contributed by atoms with Crippen LogP contribution in [0.25, 0.3) is 0 Å². The van der Waals surface area contributed by atoms with Crippen molar-refractivity contribution in [2.75, 3.05) is 13.2 Å². The van der Waals surface area contributed by atoms with Crippen LogP contribution in [0.5, 0.6) is 11.5 Å². The molecule has 1 aliphatic rings. The Labute approximate surface area is 109 Å². The molecule has 0 fully saturated rings. The van der Waals surface area contributed by atoms with Crippen molar-refractivity contribution in [2.45, 2.75) is 26.3 Å². The van der Waals surface area contributed by atoms with E-state index in [9.17, 15) is 0 Å². The number of fused-ring (bicyclic) bond motifs is 1. The minimum Gasteiger partial charge on any atom is -0.489 e. The maximum Gasteiger partial charge on any atom is 0.175 e. The van der Waals surface area contributed by atoms with E-state index in [1.165, 1.54) is 0 Å². The second-order valence-electron chi connectivity index (χ2n) is 3.89. The van der Waals surface area contributed by atoms with E-state index in [0.717, 1.165) is 39.9 Å². The molecule has 17 heavy (non-hydrogen) atoms. The number of hydrogen-bond donors (Lipinski definition) is 2. The monoisotopic (exact) mass is 301 g/mol. The smallest absolute Gasteiger partial charge is 0.175 e. The highest BCUT2D eigenvalue weighted by Crippen LogP contribution is 2.42. The van der Waals surface area contributed by atoms with Crippen LogP contribution in [0.2, 0.25) is 0 Å². The van der Waals surface area contributed by atoms with Crippen LogP contribution in [0, 0.1) is 0 Å². The summed E-state index contributed by atoms with van der Waals surface area (Å²) >= 11 is 3.49. The standard InChI is InChI=1S/C12H16BrNO3/c1-2-9-8(7-14-15)6-10(13)12-11(9)16-4-3-5-17-12/h6,14-15H,2-5,7H2,1H3. The molecule has 1 aromatic rings. The molecule has 0 aromatic heterocycles. The first-order chi connectivity index (χ1) is 8.27. The lowest BCUT2D eigenvalue weighted by Crippen LogP contribution is -2.10. The molecule has 94 valence electrons. The van der Waals surface area contributed by atoms with Gasteiger partial charge in [0.15, 0.2) is 11.5 Å². The molecule has 0 spiro atoms. The average Bonchev–Trinajstić information content (AvgIpc) is 2.56. The summed E-state index contributed by atoms with van der Waals surface area (Å²) in [4.78, 5) is 0. The molecule has 0 radical (unpaired) electrons. The van der Waals surface area contributed by atoms with E-state index in [1.807, 2.05) is 6.07 Å². The van der Waals surface area contributed by atoms with E-state index < -0.39 is 0 Å². The first-order valence-electron chi connectivity index (χ1n) is 5.74. The van der Waals surface area contributed by atoms with Crippen LogP contribution < -0.4 is 15.0 Å². The lowest BCUT2D eigenvalue weighted by Gasteiger charge is -2.17. The van der Waals surface area contributed by atoms with Crippen molar-refractivity contribution < 1.29 is 14.7 Å². The van der Waals surface area contributed by atoms with Gasteiger partial charge < -0.3 is 14.7 Å². The van der Waals surface area contributed by atoms with Gasteiger partial charge in [-0.3, -0.25) is 0 Å². The molecule has 0 atom stereocenters. The van der Waals surface area contributed by atoms with Crippen LogP contribution in [-0.4, -0.2) is 18.4 Å². The highest BCUT2D eigenvalue weighted by atomic mass is 79.9. The molecule has 0 amide bonds. The fourth-order valence-electron chi connectivity index (χ4n) is 2.02. The van der Waals surface area contributed by atoms with Gasteiger partial charge in [-0.25, -0.2) is 5.48 Å². The molecule has 4 nitrogen and oxygen atoms in total. The first-order valence-corrected chi connectivity index (χ1v) is 6.54. The lowest BCUT2D eigenvalue weighted by molar-refractivity contribution is 0.161. The number of hydroxylamine groups is 1. The van der Waals surface area contributed by atoms with Crippen molar-refractivity contribution in [3.8, 4) is 11.5 Å². The van der Waals surface area contributed by atoms with Gasteiger partial charge in [0, 0.05) is 18.5 Å². The van der Waals surface area contributed by atoms with Crippen LogP contribution >= 0.6 is 15.9 Å². The van der Waals surface area contributed by atoms with Gasteiger partial charge in [-0.15, -0.1) is 0 Å². The molecule has 0 saturated heterocycles. The molecule has 0 saturated carbocycles. The fourth-order valence-corrected chi connectivity index (χ4v) is 2.59. The third-order valence-electron chi connectivity index (χ3n) is 2.79. The summed E-state index contributed by atoms with van der Waals surface area (Å²) in [7, 11) is 0.